The van der Waals surface area contributed by atoms with E-state index >= 15 is 0 Å². The van der Waals surface area contributed by atoms with E-state index in [-0.39, 0.29) is 0 Å². The van der Waals surface area contributed by atoms with E-state index in [1.165, 1.54) is 0 Å². The zero-order valence-corrected chi connectivity index (χ0v) is 14.0. The molecule has 25 heavy (non-hydrogen) atoms. The van der Waals surface area contributed by atoms with Crippen LogP contribution in [0.4, 0.5) is 5.82 Å². The number of aromatic amines is 1. The van der Waals surface area contributed by atoms with Gasteiger partial charge in [0.2, 0.25) is 0 Å². The average Bonchev–Trinajstić information content (AvgIpc) is 3.23. The maximum absolute atomic E-state index is 6.12. The minimum atomic E-state index is 0.407. The Morgan fingerprint density at radius 2 is 2.12 bits per heavy atom. The minimum absolute atomic E-state index is 0.407. The second-order valence-electron chi connectivity index (χ2n) is 5.67. The number of rotatable bonds is 4. The summed E-state index contributed by atoms with van der Waals surface area (Å²) in [7, 11) is 0. The van der Waals surface area contributed by atoms with Gasteiger partial charge in [0.1, 0.15) is 5.84 Å². The maximum Gasteiger partial charge on any atom is 0.172 e. The summed E-state index contributed by atoms with van der Waals surface area (Å²) in [5.41, 5.74) is 9.84. The molecule has 7 heteroatoms. The van der Waals surface area contributed by atoms with Crippen LogP contribution in [-0.2, 0) is 6.54 Å². The number of halogens is 1. The van der Waals surface area contributed by atoms with Crippen LogP contribution in [0.15, 0.2) is 66.3 Å². The minimum Gasteiger partial charge on any atom is -0.383 e. The Balaban J connectivity index is 1.55. The fourth-order valence-corrected chi connectivity index (χ4v) is 2.83. The first-order valence-corrected chi connectivity index (χ1v) is 8.09. The number of nitrogens with one attached hydrogen (secondary N) is 1. The summed E-state index contributed by atoms with van der Waals surface area (Å²) < 4.78 is 1.94. The fourth-order valence-electron chi connectivity index (χ4n) is 2.62. The highest BCUT2D eigenvalue weighted by Crippen LogP contribution is 2.16. The number of H-pyrrole nitrogens is 1. The topological polar surface area (TPSA) is 84.9 Å². The lowest BCUT2D eigenvalue weighted by atomic mass is 10.2. The van der Waals surface area contributed by atoms with Gasteiger partial charge >= 0.3 is 0 Å². The lowest BCUT2D eigenvalue weighted by Gasteiger charge is -2.02. The number of nitrogens with zero attached hydrogens (tertiary/aromatic N) is 4. The van der Waals surface area contributed by atoms with Crippen LogP contribution in [0.1, 0.15) is 11.1 Å². The molecule has 4 rings (SSSR count). The van der Waals surface area contributed by atoms with Crippen molar-refractivity contribution in [3.63, 3.8) is 0 Å². The molecule has 0 aliphatic heterocycles. The molecule has 0 amide bonds. The number of aromatic nitrogens is 4. The Labute approximate surface area is 149 Å². The second-order valence-corrected chi connectivity index (χ2v) is 6.10. The Bertz CT molecular complexity index is 1060. The lowest BCUT2D eigenvalue weighted by molar-refractivity contribution is 0.797. The molecule has 2 heterocycles. The molecule has 0 fully saturated rings. The molecule has 4 aromatic rings. The van der Waals surface area contributed by atoms with Gasteiger partial charge < -0.3 is 15.3 Å². The fraction of sp³-hybridized carbons (Fsp3) is 0.0556. The monoisotopic (exact) mass is 350 g/mol. The highest BCUT2D eigenvalue weighted by atomic mass is 35.5. The summed E-state index contributed by atoms with van der Waals surface area (Å²) in [5.74, 6) is 0.966. The second kappa shape index (κ2) is 6.41. The van der Waals surface area contributed by atoms with Crippen LogP contribution in [0.2, 0.25) is 5.02 Å². The van der Waals surface area contributed by atoms with Gasteiger partial charge in [-0.2, -0.15) is 0 Å². The molecule has 3 N–H and O–H groups in total. The van der Waals surface area contributed by atoms with Crippen molar-refractivity contribution in [3.05, 3.63) is 77.5 Å². The van der Waals surface area contributed by atoms with E-state index < -0.39 is 0 Å². The van der Waals surface area contributed by atoms with E-state index in [1.54, 1.807) is 12.7 Å². The number of hydrogen-bond acceptors (Lipinski definition) is 3. The van der Waals surface area contributed by atoms with E-state index in [1.807, 2.05) is 53.2 Å². The predicted molar refractivity (Wildman–Crippen MR) is 99.3 cm³/mol. The molecule has 0 aliphatic rings. The van der Waals surface area contributed by atoms with Gasteiger partial charge in [0.15, 0.2) is 5.82 Å². The van der Waals surface area contributed by atoms with Gasteiger partial charge in [0.25, 0.3) is 0 Å². The van der Waals surface area contributed by atoms with Crippen molar-refractivity contribution < 1.29 is 0 Å². The van der Waals surface area contributed by atoms with Crippen LogP contribution in [-0.4, -0.2) is 25.4 Å². The van der Waals surface area contributed by atoms with Gasteiger partial charge in [-0.05, 0) is 35.9 Å². The maximum atomic E-state index is 6.12. The van der Waals surface area contributed by atoms with Gasteiger partial charge in [-0.1, -0.05) is 23.7 Å². The van der Waals surface area contributed by atoms with Crippen LogP contribution in [0.25, 0.3) is 11.0 Å². The van der Waals surface area contributed by atoms with Crippen molar-refractivity contribution in [3.8, 4) is 0 Å². The SMILES string of the molecule is NC(=Nc1cn(Cc2cccc(Cl)c2)cn1)c1ccc2nc[nH]c2c1. The number of benzene rings is 2. The van der Waals surface area contributed by atoms with Crippen molar-refractivity contribution in [2.75, 3.05) is 0 Å². The standard InChI is InChI=1S/C18H15ClN6/c19-14-3-1-2-12(6-14)8-25-9-17(23-11-25)24-18(20)13-4-5-15-16(7-13)22-10-21-15/h1-7,9-11H,8H2,(H2,20,24)(H,21,22). The third-order valence-corrected chi connectivity index (χ3v) is 4.06. The number of imidazole rings is 2. The lowest BCUT2D eigenvalue weighted by Crippen LogP contribution is -2.12. The Hall–Kier alpha value is -3.12. The van der Waals surface area contributed by atoms with E-state index in [2.05, 4.69) is 19.9 Å². The number of fused-ring (bicyclic) bond motifs is 1. The van der Waals surface area contributed by atoms with Crippen LogP contribution in [0.3, 0.4) is 0 Å². The third kappa shape index (κ3) is 3.39. The van der Waals surface area contributed by atoms with Gasteiger partial charge in [-0.15, -0.1) is 0 Å². The molecular formula is C18H15ClN6. The zero-order chi connectivity index (χ0) is 17.2. The van der Waals surface area contributed by atoms with E-state index in [4.69, 9.17) is 17.3 Å². The molecule has 0 spiro atoms. The van der Waals surface area contributed by atoms with Gasteiger partial charge in [0, 0.05) is 17.1 Å². The number of hydrogen-bond donors (Lipinski definition) is 2. The van der Waals surface area contributed by atoms with Crippen LogP contribution in [0.5, 0.6) is 0 Å². The Kier molecular flexibility index (Phi) is 3.95. The van der Waals surface area contributed by atoms with Crippen LogP contribution < -0.4 is 5.73 Å². The van der Waals surface area contributed by atoms with Crippen molar-refractivity contribution >= 4 is 34.3 Å². The van der Waals surface area contributed by atoms with E-state index in [0.717, 1.165) is 22.2 Å². The largest absolute Gasteiger partial charge is 0.383 e. The number of amidine groups is 1. The van der Waals surface area contributed by atoms with Crippen molar-refractivity contribution in [1.82, 2.24) is 19.5 Å². The van der Waals surface area contributed by atoms with Crippen molar-refractivity contribution in [2.45, 2.75) is 6.54 Å². The van der Waals surface area contributed by atoms with Gasteiger partial charge in [0.05, 0.1) is 29.9 Å². The summed E-state index contributed by atoms with van der Waals surface area (Å²) in [6.45, 7) is 0.670. The average molecular weight is 351 g/mol. The molecule has 0 saturated carbocycles. The van der Waals surface area contributed by atoms with Crippen LogP contribution in [0, 0.1) is 0 Å². The summed E-state index contributed by atoms with van der Waals surface area (Å²) in [4.78, 5) is 16.0. The normalized spacial score (nSPS) is 12.0. The third-order valence-electron chi connectivity index (χ3n) is 3.82. The molecule has 124 valence electrons. The van der Waals surface area contributed by atoms with Gasteiger partial charge in [-0.3, -0.25) is 0 Å². The summed E-state index contributed by atoms with van der Waals surface area (Å²) in [6, 6.07) is 13.4. The molecule has 2 aromatic heterocycles. The smallest absolute Gasteiger partial charge is 0.172 e. The molecule has 0 atom stereocenters. The summed E-state index contributed by atoms with van der Waals surface area (Å²) >= 11 is 6.02. The first-order valence-electron chi connectivity index (χ1n) is 7.71. The number of aliphatic imine (C=N–C) groups is 1. The highest BCUT2D eigenvalue weighted by Gasteiger charge is 2.05. The van der Waals surface area contributed by atoms with Crippen molar-refractivity contribution in [1.29, 1.82) is 0 Å². The molecule has 2 aromatic carbocycles. The molecule has 0 saturated heterocycles. The highest BCUT2D eigenvalue weighted by molar-refractivity contribution is 6.30. The zero-order valence-electron chi connectivity index (χ0n) is 13.2. The van der Waals surface area contributed by atoms with E-state index in [0.29, 0.717) is 23.2 Å². The summed E-state index contributed by atoms with van der Waals surface area (Å²) in [6.07, 6.45) is 5.23. The first-order chi connectivity index (χ1) is 12.2. The molecular weight excluding hydrogens is 336 g/mol. The molecule has 0 unspecified atom stereocenters. The predicted octanol–water partition coefficient (Wildman–Crippen LogP) is 3.50. The molecule has 0 aliphatic carbocycles. The summed E-state index contributed by atoms with van der Waals surface area (Å²) in [5, 5.41) is 0.717. The quantitative estimate of drug-likeness (QED) is 0.436. The Morgan fingerprint density at radius 3 is 3.00 bits per heavy atom. The first kappa shape index (κ1) is 15.4. The van der Waals surface area contributed by atoms with Gasteiger partial charge in [-0.25, -0.2) is 15.0 Å². The Morgan fingerprint density at radius 1 is 1.20 bits per heavy atom. The molecule has 0 radical (unpaired) electrons. The van der Waals surface area contributed by atoms with Crippen molar-refractivity contribution in [2.24, 2.45) is 10.7 Å². The number of nitrogens with two attached hydrogens (primary N) is 1. The molecule has 6 nitrogen and oxygen atoms in total. The van der Waals surface area contributed by atoms with Crippen LogP contribution >= 0.6 is 11.6 Å². The van der Waals surface area contributed by atoms with E-state index in [9.17, 15) is 0 Å². The molecule has 0 bridgehead atoms.